The molecule has 0 spiro atoms. The zero-order valence-corrected chi connectivity index (χ0v) is 18.2. The molecule has 4 N–H and O–H groups in total. The van der Waals surface area contributed by atoms with Crippen LogP contribution in [0.3, 0.4) is 0 Å². The molecule has 0 aromatic heterocycles. The highest BCUT2D eigenvalue weighted by Crippen LogP contribution is 2.25. The summed E-state index contributed by atoms with van der Waals surface area (Å²) in [6.07, 6.45) is 6.53. The van der Waals surface area contributed by atoms with Crippen LogP contribution in [0, 0.1) is 5.82 Å². The number of methoxy groups -OCH3 is 1. The summed E-state index contributed by atoms with van der Waals surface area (Å²) < 4.78 is 19.4. The summed E-state index contributed by atoms with van der Waals surface area (Å²) in [4.78, 5) is 13.0. The maximum Gasteiger partial charge on any atom is 0.208 e. The summed E-state index contributed by atoms with van der Waals surface area (Å²) in [7, 11) is 5.44. The quantitative estimate of drug-likeness (QED) is 0.612. The predicted molar refractivity (Wildman–Crippen MR) is 119 cm³/mol. The fraction of sp³-hybridized carbons (Fsp3) is 0.619. The van der Waals surface area contributed by atoms with Gasteiger partial charge in [0.05, 0.1) is 19.3 Å². The van der Waals surface area contributed by atoms with Gasteiger partial charge in [0.2, 0.25) is 11.9 Å². The van der Waals surface area contributed by atoms with Crippen LogP contribution in [0.15, 0.2) is 28.2 Å². The highest BCUT2D eigenvalue weighted by atomic mass is 19.1. The van der Waals surface area contributed by atoms with Gasteiger partial charge in [-0.3, -0.25) is 20.9 Å². The van der Waals surface area contributed by atoms with Crippen molar-refractivity contribution in [3.63, 3.8) is 0 Å². The van der Waals surface area contributed by atoms with Crippen LogP contribution in [0.5, 0.6) is 5.75 Å². The van der Waals surface area contributed by atoms with Gasteiger partial charge in [0.25, 0.3) is 0 Å². The Morgan fingerprint density at radius 1 is 1.30 bits per heavy atom. The average molecular weight is 420 g/mol. The van der Waals surface area contributed by atoms with E-state index in [1.807, 2.05) is 14.1 Å². The predicted octanol–water partition coefficient (Wildman–Crippen LogP) is 2.07. The van der Waals surface area contributed by atoms with Crippen molar-refractivity contribution in [2.45, 2.75) is 50.9 Å². The Bertz CT molecular complexity index is 760. The Morgan fingerprint density at radius 2 is 2.03 bits per heavy atom. The number of likely N-dealkylation sites (N-methyl/N-ethyl adjacent to an activating group) is 1. The van der Waals surface area contributed by atoms with Crippen molar-refractivity contribution in [1.82, 2.24) is 15.5 Å². The van der Waals surface area contributed by atoms with Gasteiger partial charge >= 0.3 is 0 Å². The zero-order chi connectivity index (χ0) is 21.5. The molecule has 1 atom stereocenters. The number of hydrogen-bond acceptors (Lipinski definition) is 6. The molecular formula is C21H34FN7O. The summed E-state index contributed by atoms with van der Waals surface area (Å²) in [6, 6.07) is 5.10. The van der Waals surface area contributed by atoms with Gasteiger partial charge in [-0.15, -0.1) is 0 Å². The first-order chi connectivity index (χ1) is 14.5. The summed E-state index contributed by atoms with van der Waals surface area (Å²) in [5.74, 6) is 0.909. The molecule has 3 rings (SSSR count). The number of rotatable bonds is 6. The largest absolute Gasteiger partial charge is 0.494 e. The summed E-state index contributed by atoms with van der Waals surface area (Å²) in [5, 5.41) is 6.79. The van der Waals surface area contributed by atoms with Gasteiger partial charge in [0.1, 0.15) is 0 Å². The van der Waals surface area contributed by atoms with Crippen molar-refractivity contribution in [1.29, 1.82) is 0 Å². The fourth-order valence-electron chi connectivity index (χ4n) is 3.76. The highest BCUT2D eigenvalue weighted by molar-refractivity contribution is 6.09. The van der Waals surface area contributed by atoms with Crippen molar-refractivity contribution in [2.75, 3.05) is 39.2 Å². The minimum Gasteiger partial charge on any atom is -0.494 e. The fourth-order valence-corrected chi connectivity index (χ4v) is 3.76. The van der Waals surface area contributed by atoms with Crippen molar-refractivity contribution < 1.29 is 9.13 Å². The van der Waals surface area contributed by atoms with Crippen LogP contribution in [0.25, 0.3) is 0 Å². The van der Waals surface area contributed by atoms with E-state index in [2.05, 4.69) is 20.5 Å². The molecule has 1 aliphatic carbocycles. The lowest BCUT2D eigenvalue weighted by Gasteiger charge is -2.35. The van der Waals surface area contributed by atoms with E-state index in [-0.39, 0.29) is 5.75 Å². The molecule has 1 aliphatic heterocycles. The topological polar surface area (TPSA) is 90.5 Å². The van der Waals surface area contributed by atoms with E-state index in [9.17, 15) is 4.39 Å². The van der Waals surface area contributed by atoms with Gasteiger partial charge < -0.3 is 15.0 Å². The molecule has 1 unspecified atom stereocenters. The Kier molecular flexibility index (Phi) is 7.87. The van der Waals surface area contributed by atoms with Crippen LogP contribution in [0.2, 0.25) is 0 Å². The lowest BCUT2D eigenvalue weighted by atomic mass is 10.1. The SMILES string of the molecule is COc1ccc(N2C(=NCCN(C)C)NC(NC3CCCCCC3)=NC2N)cc1F. The molecular weight excluding hydrogens is 385 g/mol. The minimum atomic E-state index is -0.717. The molecule has 0 radical (unpaired) electrons. The second-order valence-electron chi connectivity index (χ2n) is 8.05. The number of nitrogens with two attached hydrogens (primary N) is 1. The van der Waals surface area contributed by atoms with Crippen LogP contribution in [-0.2, 0) is 0 Å². The number of halogens is 1. The minimum absolute atomic E-state index is 0.183. The monoisotopic (exact) mass is 419 g/mol. The number of benzene rings is 1. The van der Waals surface area contributed by atoms with Crippen LogP contribution in [-0.4, -0.2) is 63.4 Å². The molecule has 0 bridgehead atoms. The normalized spacial score (nSPS) is 21.9. The molecule has 1 aromatic carbocycles. The molecule has 1 heterocycles. The second-order valence-corrected chi connectivity index (χ2v) is 8.05. The molecule has 1 aromatic rings. The maximum atomic E-state index is 14.3. The Morgan fingerprint density at radius 3 is 2.67 bits per heavy atom. The van der Waals surface area contributed by atoms with Gasteiger partial charge in [0, 0.05) is 18.7 Å². The van der Waals surface area contributed by atoms with E-state index in [1.165, 1.54) is 38.9 Å². The molecule has 8 nitrogen and oxygen atoms in total. The van der Waals surface area contributed by atoms with Crippen molar-refractivity contribution in [2.24, 2.45) is 15.7 Å². The first-order valence-corrected chi connectivity index (χ1v) is 10.7. The lowest BCUT2D eigenvalue weighted by molar-refractivity contribution is 0.386. The summed E-state index contributed by atoms with van der Waals surface area (Å²) >= 11 is 0. The smallest absolute Gasteiger partial charge is 0.208 e. The van der Waals surface area contributed by atoms with Gasteiger partial charge in [-0.1, -0.05) is 25.7 Å². The van der Waals surface area contributed by atoms with E-state index in [0.717, 1.165) is 19.4 Å². The number of nitrogens with one attached hydrogen (secondary N) is 2. The van der Waals surface area contributed by atoms with Crippen LogP contribution in [0.4, 0.5) is 10.1 Å². The van der Waals surface area contributed by atoms with Crippen LogP contribution >= 0.6 is 0 Å². The molecule has 30 heavy (non-hydrogen) atoms. The lowest BCUT2D eigenvalue weighted by Crippen LogP contribution is -2.61. The molecule has 9 heteroatoms. The van der Waals surface area contributed by atoms with Gasteiger partial charge in [-0.25, -0.2) is 9.38 Å². The second kappa shape index (κ2) is 10.6. The molecule has 1 saturated carbocycles. The third-order valence-corrected chi connectivity index (χ3v) is 5.40. The number of ether oxygens (including phenoxy) is 1. The van der Waals surface area contributed by atoms with Gasteiger partial charge in [-0.2, -0.15) is 0 Å². The number of hydrogen-bond donors (Lipinski definition) is 3. The van der Waals surface area contributed by atoms with Gasteiger partial charge in [0.15, 0.2) is 17.9 Å². The molecule has 1 fully saturated rings. The Labute approximate surface area is 178 Å². The maximum absolute atomic E-state index is 14.3. The van der Waals surface area contributed by atoms with E-state index >= 15 is 0 Å². The molecule has 2 aliphatic rings. The van der Waals surface area contributed by atoms with Crippen molar-refractivity contribution in [3.8, 4) is 5.75 Å². The van der Waals surface area contributed by atoms with Gasteiger partial charge in [-0.05, 0) is 39.1 Å². The third kappa shape index (κ3) is 5.82. The third-order valence-electron chi connectivity index (χ3n) is 5.40. The number of aliphatic imine (C=N–C) groups is 2. The number of anilines is 1. The van der Waals surface area contributed by atoms with E-state index in [0.29, 0.717) is 30.2 Å². The average Bonchev–Trinajstić information content (AvgIpc) is 2.96. The Balaban J connectivity index is 1.83. The first-order valence-electron chi connectivity index (χ1n) is 10.7. The molecule has 0 amide bonds. The number of guanidine groups is 2. The Hall–Kier alpha value is -2.39. The van der Waals surface area contributed by atoms with Crippen molar-refractivity contribution in [3.05, 3.63) is 24.0 Å². The van der Waals surface area contributed by atoms with E-state index in [4.69, 9.17) is 15.5 Å². The molecule has 0 saturated heterocycles. The summed E-state index contributed by atoms with van der Waals surface area (Å²) in [6.45, 7) is 1.36. The molecule has 166 valence electrons. The summed E-state index contributed by atoms with van der Waals surface area (Å²) in [5.41, 5.74) is 6.96. The standard InChI is InChI=1S/C21H34FN7O/c1-28(2)13-12-24-21-27-20(25-15-8-6-4-5-7-9-15)26-19(23)29(21)16-10-11-18(30-3)17(22)14-16/h10-11,14-15,19H,4-9,12-13,23H2,1-3H3,(H2,24,25,26,27). The van der Waals surface area contributed by atoms with Crippen LogP contribution < -0.4 is 26.0 Å². The van der Waals surface area contributed by atoms with Crippen molar-refractivity contribution >= 4 is 17.6 Å². The zero-order valence-electron chi connectivity index (χ0n) is 18.2. The van der Waals surface area contributed by atoms with E-state index < -0.39 is 12.1 Å². The number of nitrogens with zero attached hydrogens (tertiary/aromatic N) is 4. The van der Waals surface area contributed by atoms with Crippen LogP contribution in [0.1, 0.15) is 38.5 Å². The first kappa shape index (κ1) is 22.3. The highest BCUT2D eigenvalue weighted by Gasteiger charge is 2.28. The van der Waals surface area contributed by atoms with E-state index in [1.54, 1.807) is 17.0 Å².